The summed E-state index contributed by atoms with van der Waals surface area (Å²) in [5, 5.41) is 15.9. The van der Waals surface area contributed by atoms with Gasteiger partial charge in [-0.05, 0) is 12.1 Å². The van der Waals surface area contributed by atoms with Crippen LogP contribution in [0, 0.1) is 5.21 Å². The van der Waals surface area contributed by atoms with Crippen LogP contribution in [0.1, 0.15) is 6.92 Å². The molecule has 1 rings (SSSR count). The first-order valence-corrected chi connectivity index (χ1v) is 3.44. The minimum atomic E-state index is -0.790. The summed E-state index contributed by atoms with van der Waals surface area (Å²) in [4.78, 5) is 10.8. The van der Waals surface area contributed by atoms with Crippen molar-refractivity contribution in [1.82, 2.24) is 5.16 Å². The van der Waals surface area contributed by atoms with Crippen molar-refractivity contribution in [2.45, 2.75) is 6.92 Å². The molecule has 0 atom stereocenters. The fourth-order valence-corrected chi connectivity index (χ4v) is 0.632. The Morgan fingerprint density at radius 1 is 1.92 bits per heavy atom. The molecule has 1 aromatic rings. The van der Waals surface area contributed by atoms with Crippen LogP contribution in [-0.2, 0) is 4.74 Å². The maximum Gasteiger partial charge on any atom is 0.474 e. The molecule has 0 fully saturated rings. The first-order chi connectivity index (χ1) is 6.15. The third-order valence-electron chi connectivity index (χ3n) is 1.13. The van der Waals surface area contributed by atoms with Crippen LogP contribution >= 0.6 is 0 Å². The summed E-state index contributed by atoms with van der Waals surface area (Å²) in [7, 11) is 0. The van der Waals surface area contributed by atoms with Crippen LogP contribution in [0.4, 0.5) is 16.4 Å². The fourth-order valence-electron chi connectivity index (χ4n) is 0.632. The molecule has 72 valence electrons. The van der Waals surface area contributed by atoms with E-state index in [4.69, 9.17) is 5.73 Å². The summed E-state index contributed by atoms with van der Waals surface area (Å²) in [5.41, 5.74) is 5.19. The van der Waals surface area contributed by atoms with Crippen molar-refractivity contribution >= 4 is 17.7 Å². The highest BCUT2D eigenvalue weighted by Crippen LogP contribution is 2.08. The zero-order valence-corrected chi connectivity index (χ0v) is 6.81. The Kier molecular flexibility index (Phi) is 2.52. The number of hydrogen-bond acceptors (Lipinski definition) is 6. The number of carbonyl (C=O) groups is 1. The lowest BCUT2D eigenvalue weighted by Gasteiger charge is -1.98. The number of amides is 1. The average molecular weight is 188 g/mol. The Morgan fingerprint density at radius 2 is 2.62 bits per heavy atom. The highest BCUT2D eigenvalue weighted by Gasteiger charge is 2.18. The van der Waals surface area contributed by atoms with Gasteiger partial charge in [-0.15, -0.1) is 0 Å². The van der Waals surface area contributed by atoms with Crippen molar-refractivity contribution in [3.63, 3.8) is 0 Å². The molecule has 0 aliphatic carbocycles. The Labute approximate surface area is 72.8 Å². The molecular formula is C5H8N4O4. The minimum absolute atomic E-state index is 0.0216. The lowest BCUT2D eigenvalue weighted by Crippen LogP contribution is -2.30. The molecule has 0 saturated carbocycles. The topological polar surface area (TPSA) is 117 Å². The molecule has 0 aliphatic rings. The van der Waals surface area contributed by atoms with Crippen LogP contribution in [0.2, 0.25) is 0 Å². The molecule has 0 bridgehead atoms. The summed E-state index contributed by atoms with van der Waals surface area (Å²) in [6, 6.07) is 0. The average Bonchev–Trinajstić information content (AvgIpc) is 2.36. The summed E-state index contributed by atoms with van der Waals surface area (Å²) >= 11 is 0. The molecule has 0 radical (unpaired) electrons. The molecule has 13 heavy (non-hydrogen) atoms. The van der Waals surface area contributed by atoms with E-state index in [9.17, 15) is 10.0 Å². The number of nitrogens with two attached hydrogens (primary N) is 1. The standard InChI is InChI=1S/C5H8N4O4/c1-2-12-5(10)7-4-3(6)8-13-9(4)11/h2H2,1H3,(H2,6,8)(H,7,10). The number of carbonyl (C=O) groups excluding carboxylic acids is 1. The molecule has 0 unspecified atom stereocenters. The van der Waals surface area contributed by atoms with Gasteiger partial charge < -0.3 is 20.3 Å². The Bertz CT molecular complexity index is 290. The van der Waals surface area contributed by atoms with E-state index in [0.717, 1.165) is 0 Å². The Hall–Kier alpha value is -1.99. The van der Waals surface area contributed by atoms with E-state index in [1.165, 1.54) is 0 Å². The van der Waals surface area contributed by atoms with Crippen molar-refractivity contribution in [1.29, 1.82) is 0 Å². The number of nitrogens with zero attached hydrogens (tertiary/aromatic N) is 2. The van der Waals surface area contributed by atoms with Gasteiger partial charge in [-0.25, -0.2) is 4.79 Å². The van der Waals surface area contributed by atoms with Gasteiger partial charge in [0.25, 0.3) is 5.82 Å². The van der Waals surface area contributed by atoms with Crippen molar-refractivity contribution in [3.8, 4) is 0 Å². The summed E-state index contributed by atoms with van der Waals surface area (Å²) in [5.74, 6) is -0.485. The first kappa shape index (κ1) is 9.10. The van der Waals surface area contributed by atoms with Crippen LogP contribution in [0.3, 0.4) is 0 Å². The second-order valence-corrected chi connectivity index (χ2v) is 2.01. The third-order valence-corrected chi connectivity index (χ3v) is 1.13. The van der Waals surface area contributed by atoms with Gasteiger partial charge in [-0.3, -0.25) is 0 Å². The predicted molar refractivity (Wildman–Crippen MR) is 40.5 cm³/mol. The second-order valence-electron chi connectivity index (χ2n) is 2.01. The van der Waals surface area contributed by atoms with Gasteiger partial charge in [0, 0.05) is 0 Å². The van der Waals surface area contributed by atoms with E-state index in [-0.39, 0.29) is 23.1 Å². The molecule has 1 aromatic heterocycles. The maximum atomic E-state index is 10.8. The summed E-state index contributed by atoms with van der Waals surface area (Å²) < 4.78 is 8.59. The zero-order chi connectivity index (χ0) is 9.84. The fraction of sp³-hybridized carbons (Fsp3) is 0.400. The number of nitrogens with one attached hydrogen (secondary N) is 1. The van der Waals surface area contributed by atoms with Gasteiger partial charge in [-0.2, -0.15) is 5.32 Å². The molecule has 8 nitrogen and oxygen atoms in total. The molecule has 0 aromatic carbocycles. The second kappa shape index (κ2) is 3.61. The smallest absolute Gasteiger partial charge is 0.438 e. The van der Waals surface area contributed by atoms with Gasteiger partial charge in [0.15, 0.2) is 0 Å². The van der Waals surface area contributed by atoms with E-state index < -0.39 is 6.09 Å². The van der Waals surface area contributed by atoms with Gasteiger partial charge in [0.1, 0.15) is 0 Å². The number of ether oxygens (including phenoxy) is 1. The number of aromatic nitrogens is 2. The van der Waals surface area contributed by atoms with E-state index in [2.05, 4.69) is 19.8 Å². The number of anilines is 2. The van der Waals surface area contributed by atoms with Gasteiger partial charge in [-0.1, -0.05) is 4.90 Å². The summed E-state index contributed by atoms with van der Waals surface area (Å²) in [6.45, 7) is 1.82. The molecule has 3 N–H and O–H groups in total. The van der Waals surface area contributed by atoms with Crippen molar-refractivity contribution < 1.29 is 19.1 Å². The lowest BCUT2D eigenvalue weighted by atomic mass is 10.6. The number of hydrogen-bond donors (Lipinski definition) is 2. The van der Waals surface area contributed by atoms with E-state index >= 15 is 0 Å². The quantitative estimate of drug-likeness (QED) is 0.601. The number of nitrogen functional groups attached to an aromatic ring is 1. The van der Waals surface area contributed by atoms with Crippen molar-refractivity contribution in [2.24, 2.45) is 0 Å². The van der Waals surface area contributed by atoms with E-state index in [1.54, 1.807) is 6.92 Å². The van der Waals surface area contributed by atoms with Crippen LogP contribution < -0.4 is 16.0 Å². The van der Waals surface area contributed by atoms with Crippen molar-refractivity contribution in [3.05, 3.63) is 5.21 Å². The SMILES string of the molecule is CCOC(=O)Nc1c(N)no[n+]1[O-]. The molecule has 0 aliphatic heterocycles. The number of rotatable bonds is 2. The summed E-state index contributed by atoms with van der Waals surface area (Å²) in [6.07, 6.45) is -0.790. The first-order valence-electron chi connectivity index (χ1n) is 3.44. The molecule has 0 saturated heterocycles. The van der Waals surface area contributed by atoms with Crippen LogP contribution in [0.15, 0.2) is 4.63 Å². The third kappa shape index (κ3) is 1.98. The van der Waals surface area contributed by atoms with Gasteiger partial charge in [0.2, 0.25) is 0 Å². The lowest BCUT2D eigenvalue weighted by molar-refractivity contribution is -0.790. The molecule has 8 heteroatoms. The monoisotopic (exact) mass is 188 g/mol. The highest BCUT2D eigenvalue weighted by molar-refractivity contribution is 5.84. The van der Waals surface area contributed by atoms with Crippen LogP contribution in [0.25, 0.3) is 0 Å². The Balaban J connectivity index is 2.68. The largest absolute Gasteiger partial charge is 0.474 e. The highest BCUT2D eigenvalue weighted by atomic mass is 16.8. The molecule has 1 amide bonds. The van der Waals surface area contributed by atoms with Gasteiger partial charge in [0.05, 0.1) is 6.61 Å². The predicted octanol–water partition coefficient (Wildman–Crippen LogP) is -0.541. The molecule has 0 spiro atoms. The normalized spacial score (nSPS) is 9.62. The minimum Gasteiger partial charge on any atom is -0.438 e. The molecular weight excluding hydrogens is 180 g/mol. The van der Waals surface area contributed by atoms with Gasteiger partial charge >= 0.3 is 11.9 Å². The van der Waals surface area contributed by atoms with Crippen LogP contribution in [-0.4, -0.2) is 17.9 Å². The maximum absolute atomic E-state index is 10.8. The molecule has 1 heterocycles. The van der Waals surface area contributed by atoms with Crippen LogP contribution in [0.5, 0.6) is 0 Å². The zero-order valence-electron chi connectivity index (χ0n) is 6.81. The van der Waals surface area contributed by atoms with Crippen molar-refractivity contribution in [2.75, 3.05) is 17.7 Å². The Morgan fingerprint density at radius 3 is 3.08 bits per heavy atom. The van der Waals surface area contributed by atoms with E-state index in [0.29, 0.717) is 0 Å². The van der Waals surface area contributed by atoms with E-state index in [1.807, 2.05) is 0 Å².